The molecule has 0 aromatic heterocycles. The van der Waals surface area contributed by atoms with Gasteiger partial charge in [-0.3, -0.25) is 0 Å². The Morgan fingerprint density at radius 1 is 0.667 bits per heavy atom. The average molecular weight is 359 g/mol. The lowest BCUT2D eigenvalue weighted by molar-refractivity contribution is 0.393. The van der Waals surface area contributed by atoms with Crippen molar-refractivity contribution < 1.29 is 0 Å². The van der Waals surface area contributed by atoms with Crippen LogP contribution in [0.15, 0.2) is 71.8 Å². The van der Waals surface area contributed by atoms with Gasteiger partial charge in [-0.15, -0.1) is 0 Å². The van der Waals surface area contributed by atoms with E-state index in [9.17, 15) is 0 Å². The smallest absolute Gasteiger partial charge is 0.0314 e. The Morgan fingerprint density at radius 2 is 1.22 bits per heavy atom. The molecule has 4 N–H and O–H groups in total. The molecule has 0 aliphatic heterocycles. The standard InChI is InChI=1S/C25H30N2/c26-23-14-10-21(11-15-23)25(22-12-16-24(27)17-13-22)20-8-6-19(7-9-20)18-4-2-1-3-5-18/h6,8,10-18,25H,1-5,7,9,26-27H2. The van der Waals surface area contributed by atoms with Crippen LogP contribution >= 0.6 is 0 Å². The summed E-state index contributed by atoms with van der Waals surface area (Å²) < 4.78 is 0. The van der Waals surface area contributed by atoms with Crippen LogP contribution in [0.1, 0.15) is 62.0 Å². The Balaban J connectivity index is 1.66. The second-order valence-electron chi connectivity index (χ2n) is 8.08. The summed E-state index contributed by atoms with van der Waals surface area (Å²) in [5, 5.41) is 0. The molecule has 0 bridgehead atoms. The van der Waals surface area contributed by atoms with Crippen LogP contribution < -0.4 is 11.5 Å². The van der Waals surface area contributed by atoms with Crippen LogP contribution in [0.3, 0.4) is 0 Å². The molecule has 4 rings (SSSR count). The molecule has 2 aliphatic rings. The van der Waals surface area contributed by atoms with Crippen molar-refractivity contribution in [1.82, 2.24) is 0 Å². The van der Waals surface area contributed by atoms with Crippen molar-refractivity contribution in [3.05, 3.63) is 83.0 Å². The van der Waals surface area contributed by atoms with Gasteiger partial charge in [-0.1, -0.05) is 66.8 Å². The molecule has 0 heterocycles. The van der Waals surface area contributed by atoms with E-state index >= 15 is 0 Å². The van der Waals surface area contributed by atoms with Crippen molar-refractivity contribution in [2.75, 3.05) is 11.5 Å². The van der Waals surface area contributed by atoms with E-state index in [4.69, 9.17) is 11.5 Å². The summed E-state index contributed by atoms with van der Waals surface area (Å²) in [6.45, 7) is 0. The highest BCUT2D eigenvalue weighted by molar-refractivity contribution is 5.50. The van der Waals surface area contributed by atoms with Crippen LogP contribution in [-0.2, 0) is 0 Å². The van der Waals surface area contributed by atoms with Crippen molar-refractivity contribution in [1.29, 1.82) is 0 Å². The zero-order valence-electron chi connectivity index (χ0n) is 16.0. The Kier molecular flexibility index (Phi) is 5.33. The molecular formula is C25H30N2. The van der Waals surface area contributed by atoms with Gasteiger partial charge in [-0.25, -0.2) is 0 Å². The van der Waals surface area contributed by atoms with Gasteiger partial charge in [0.25, 0.3) is 0 Å². The number of nitrogens with two attached hydrogens (primary N) is 2. The van der Waals surface area contributed by atoms with Crippen LogP contribution in [0.25, 0.3) is 0 Å². The van der Waals surface area contributed by atoms with Gasteiger partial charge >= 0.3 is 0 Å². The van der Waals surface area contributed by atoms with Crippen LogP contribution in [0.5, 0.6) is 0 Å². The van der Waals surface area contributed by atoms with Crippen molar-refractivity contribution in [3.8, 4) is 0 Å². The average Bonchev–Trinajstić information content (AvgIpc) is 2.72. The molecule has 1 saturated carbocycles. The minimum absolute atomic E-state index is 0.273. The van der Waals surface area contributed by atoms with Gasteiger partial charge in [0.15, 0.2) is 0 Å². The topological polar surface area (TPSA) is 52.0 Å². The Morgan fingerprint density at radius 3 is 1.70 bits per heavy atom. The van der Waals surface area contributed by atoms with E-state index in [1.165, 1.54) is 55.2 Å². The van der Waals surface area contributed by atoms with Crippen LogP contribution in [0.4, 0.5) is 11.4 Å². The minimum Gasteiger partial charge on any atom is -0.399 e. The SMILES string of the molecule is Nc1ccc(C(C2=CC=C(C3CCCCC3)CC2)c2ccc(N)cc2)cc1. The lowest BCUT2D eigenvalue weighted by Gasteiger charge is -2.29. The largest absolute Gasteiger partial charge is 0.399 e. The van der Waals surface area contributed by atoms with E-state index in [1.807, 2.05) is 24.3 Å². The molecule has 2 heteroatoms. The van der Waals surface area contributed by atoms with Crippen molar-refractivity contribution in [2.45, 2.75) is 50.9 Å². The molecule has 0 spiro atoms. The molecule has 2 aliphatic carbocycles. The number of nitrogen functional groups attached to an aromatic ring is 2. The molecular weight excluding hydrogens is 328 g/mol. The van der Waals surface area contributed by atoms with Gasteiger partial charge in [0.05, 0.1) is 0 Å². The summed E-state index contributed by atoms with van der Waals surface area (Å²) in [5.74, 6) is 1.10. The normalized spacial score (nSPS) is 18.3. The van der Waals surface area contributed by atoms with Gasteiger partial charge in [0.2, 0.25) is 0 Å². The second kappa shape index (κ2) is 8.04. The van der Waals surface area contributed by atoms with E-state index in [1.54, 1.807) is 5.57 Å². The molecule has 0 atom stereocenters. The first-order valence-corrected chi connectivity index (χ1v) is 10.3. The highest BCUT2D eigenvalue weighted by atomic mass is 14.5. The molecule has 140 valence electrons. The van der Waals surface area contributed by atoms with Gasteiger partial charge < -0.3 is 11.5 Å². The van der Waals surface area contributed by atoms with E-state index in [2.05, 4.69) is 36.4 Å². The van der Waals surface area contributed by atoms with E-state index in [-0.39, 0.29) is 5.92 Å². The third-order valence-electron chi connectivity index (χ3n) is 6.25. The van der Waals surface area contributed by atoms with Crippen LogP contribution in [-0.4, -0.2) is 0 Å². The zero-order valence-corrected chi connectivity index (χ0v) is 16.0. The second-order valence-corrected chi connectivity index (χ2v) is 8.08. The number of benzene rings is 2. The van der Waals surface area contributed by atoms with E-state index in [0.29, 0.717) is 0 Å². The third-order valence-corrected chi connectivity index (χ3v) is 6.25. The lowest BCUT2D eigenvalue weighted by Crippen LogP contribution is -2.13. The highest BCUT2D eigenvalue weighted by Crippen LogP contribution is 2.40. The number of hydrogen-bond donors (Lipinski definition) is 2. The van der Waals surface area contributed by atoms with Crippen molar-refractivity contribution in [2.24, 2.45) is 5.92 Å². The van der Waals surface area contributed by atoms with E-state index in [0.717, 1.165) is 23.7 Å². The first kappa shape index (κ1) is 17.9. The lowest BCUT2D eigenvalue weighted by atomic mass is 9.76. The van der Waals surface area contributed by atoms with Crippen LogP contribution in [0, 0.1) is 5.92 Å². The minimum atomic E-state index is 0.273. The number of hydrogen-bond acceptors (Lipinski definition) is 2. The predicted octanol–water partition coefficient (Wildman–Crippen LogP) is 6.21. The number of anilines is 2. The fourth-order valence-corrected chi connectivity index (χ4v) is 4.72. The predicted molar refractivity (Wildman–Crippen MR) is 116 cm³/mol. The highest BCUT2D eigenvalue weighted by Gasteiger charge is 2.24. The maximum atomic E-state index is 5.92. The quantitative estimate of drug-likeness (QED) is 0.638. The molecule has 2 aromatic rings. The summed E-state index contributed by atoms with van der Waals surface area (Å²) >= 11 is 0. The maximum Gasteiger partial charge on any atom is 0.0314 e. The fraction of sp³-hybridized carbons (Fsp3) is 0.360. The monoisotopic (exact) mass is 358 g/mol. The Hall–Kier alpha value is -2.48. The summed E-state index contributed by atoms with van der Waals surface area (Å²) in [6, 6.07) is 16.7. The molecule has 2 nitrogen and oxygen atoms in total. The molecule has 1 fully saturated rings. The molecule has 0 saturated heterocycles. The maximum absolute atomic E-state index is 5.92. The van der Waals surface area contributed by atoms with Gasteiger partial charge in [-0.2, -0.15) is 0 Å². The van der Waals surface area contributed by atoms with Crippen molar-refractivity contribution in [3.63, 3.8) is 0 Å². The molecule has 0 unspecified atom stereocenters. The van der Waals surface area contributed by atoms with Gasteiger partial charge in [0, 0.05) is 17.3 Å². The first-order chi connectivity index (χ1) is 13.2. The molecule has 2 aromatic carbocycles. The number of rotatable bonds is 4. The van der Waals surface area contributed by atoms with E-state index < -0.39 is 0 Å². The molecule has 0 radical (unpaired) electrons. The van der Waals surface area contributed by atoms with Crippen molar-refractivity contribution >= 4 is 11.4 Å². The van der Waals surface area contributed by atoms with Crippen LogP contribution in [0.2, 0.25) is 0 Å². The summed E-state index contributed by atoms with van der Waals surface area (Å²) in [4.78, 5) is 0. The third kappa shape index (κ3) is 4.10. The van der Waals surface area contributed by atoms with Gasteiger partial charge in [0.1, 0.15) is 0 Å². The van der Waals surface area contributed by atoms with Gasteiger partial charge in [-0.05, 0) is 67.0 Å². The zero-order chi connectivity index (χ0) is 18.6. The summed E-state index contributed by atoms with van der Waals surface area (Å²) in [5.41, 5.74) is 19.2. The first-order valence-electron chi connectivity index (χ1n) is 10.3. The fourth-order valence-electron chi connectivity index (χ4n) is 4.72. The molecule has 0 amide bonds. The molecule has 27 heavy (non-hydrogen) atoms. The summed E-state index contributed by atoms with van der Waals surface area (Å²) in [7, 11) is 0. The summed E-state index contributed by atoms with van der Waals surface area (Å²) in [6.07, 6.45) is 14.2. The number of allylic oxidation sites excluding steroid dienone is 4. The Bertz CT molecular complexity index is 776. The Labute approximate surface area is 163 Å².